The van der Waals surface area contributed by atoms with Crippen LogP contribution in [-0.4, -0.2) is 25.0 Å². The molecule has 1 aromatic carbocycles. The Hall–Kier alpha value is -1.84. The van der Waals surface area contributed by atoms with Gasteiger partial charge in [-0.15, -0.1) is 0 Å². The Bertz CT molecular complexity index is 510. The molecule has 0 bridgehead atoms. The molecular formula is C16H21NO3. The zero-order valence-corrected chi connectivity index (χ0v) is 12.1. The maximum absolute atomic E-state index is 11.9. The molecular weight excluding hydrogens is 254 g/mol. The zero-order valence-electron chi connectivity index (χ0n) is 12.1. The number of esters is 1. The summed E-state index contributed by atoms with van der Waals surface area (Å²) in [5, 5.41) is 0. The third-order valence-corrected chi connectivity index (χ3v) is 3.54. The maximum Gasteiger partial charge on any atom is 0.338 e. The summed E-state index contributed by atoms with van der Waals surface area (Å²) in [7, 11) is 0. The number of anilines is 1. The molecule has 1 aromatic rings. The van der Waals surface area contributed by atoms with Gasteiger partial charge in [0.2, 0.25) is 5.91 Å². The number of aryl methyl sites for hydroxylation is 1. The molecule has 1 heterocycles. The summed E-state index contributed by atoms with van der Waals surface area (Å²) in [5.41, 5.74) is 2.55. The number of amides is 1. The first-order chi connectivity index (χ1) is 9.63. The Kier molecular flexibility index (Phi) is 4.77. The van der Waals surface area contributed by atoms with Crippen molar-refractivity contribution in [1.82, 2.24) is 0 Å². The predicted octanol–water partition coefficient (Wildman–Crippen LogP) is 2.94. The number of carbonyl (C=O) groups is 2. The summed E-state index contributed by atoms with van der Waals surface area (Å²) >= 11 is 0. The largest absolute Gasteiger partial charge is 0.462 e. The summed E-state index contributed by atoms with van der Waals surface area (Å²) in [5.74, 6) is -0.231. The molecule has 108 valence electrons. The number of unbranched alkanes of at least 4 members (excludes halogenated alkanes) is 1. The van der Waals surface area contributed by atoms with Crippen molar-refractivity contribution >= 4 is 17.6 Å². The smallest absolute Gasteiger partial charge is 0.338 e. The van der Waals surface area contributed by atoms with Crippen molar-refractivity contribution in [3.8, 4) is 0 Å². The van der Waals surface area contributed by atoms with Gasteiger partial charge in [0.15, 0.2) is 0 Å². The van der Waals surface area contributed by atoms with Gasteiger partial charge in [0.1, 0.15) is 0 Å². The Morgan fingerprint density at radius 2 is 2.15 bits per heavy atom. The average Bonchev–Trinajstić information content (AvgIpc) is 2.46. The van der Waals surface area contributed by atoms with Gasteiger partial charge in [-0.2, -0.15) is 0 Å². The molecule has 0 fully saturated rings. The Labute approximate surface area is 119 Å². The highest BCUT2D eigenvalue weighted by atomic mass is 16.5. The van der Waals surface area contributed by atoms with Crippen molar-refractivity contribution < 1.29 is 14.3 Å². The average molecular weight is 275 g/mol. The van der Waals surface area contributed by atoms with Crippen LogP contribution in [0.2, 0.25) is 0 Å². The summed E-state index contributed by atoms with van der Waals surface area (Å²) in [6.07, 6.45) is 3.72. The van der Waals surface area contributed by atoms with Gasteiger partial charge in [-0.3, -0.25) is 4.79 Å². The van der Waals surface area contributed by atoms with Crippen molar-refractivity contribution in [3.05, 3.63) is 29.3 Å². The summed E-state index contributed by atoms with van der Waals surface area (Å²) < 4.78 is 5.21. The Balaban J connectivity index is 2.15. The van der Waals surface area contributed by atoms with E-state index >= 15 is 0 Å². The van der Waals surface area contributed by atoms with Crippen molar-refractivity contribution in [1.29, 1.82) is 0 Å². The van der Waals surface area contributed by atoms with Gasteiger partial charge < -0.3 is 9.64 Å². The van der Waals surface area contributed by atoms with E-state index in [2.05, 4.69) is 6.92 Å². The molecule has 20 heavy (non-hydrogen) atoms. The molecule has 0 saturated carbocycles. The maximum atomic E-state index is 11.9. The van der Waals surface area contributed by atoms with E-state index < -0.39 is 0 Å². The van der Waals surface area contributed by atoms with Gasteiger partial charge >= 0.3 is 5.97 Å². The van der Waals surface area contributed by atoms with Crippen molar-refractivity contribution in [2.24, 2.45) is 0 Å². The van der Waals surface area contributed by atoms with Crippen LogP contribution >= 0.6 is 0 Å². The molecule has 0 N–H and O–H groups in total. The number of hydrogen-bond acceptors (Lipinski definition) is 3. The second-order valence-electron chi connectivity index (χ2n) is 5.11. The van der Waals surface area contributed by atoms with Gasteiger partial charge in [0.05, 0.1) is 12.2 Å². The Morgan fingerprint density at radius 3 is 2.85 bits per heavy atom. The molecule has 0 atom stereocenters. The lowest BCUT2D eigenvalue weighted by molar-refractivity contribution is -0.116. The van der Waals surface area contributed by atoms with Crippen molar-refractivity contribution in [2.75, 3.05) is 18.1 Å². The number of benzene rings is 1. The quantitative estimate of drug-likeness (QED) is 0.627. The second-order valence-corrected chi connectivity index (χ2v) is 5.11. The monoisotopic (exact) mass is 275 g/mol. The van der Waals surface area contributed by atoms with Crippen LogP contribution in [0.5, 0.6) is 0 Å². The van der Waals surface area contributed by atoms with Gasteiger partial charge in [-0.05, 0) is 43.0 Å². The minimum absolute atomic E-state index is 0.0456. The van der Waals surface area contributed by atoms with E-state index in [4.69, 9.17) is 4.74 Å². The van der Waals surface area contributed by atoms with E-state index in [0.29, 0.717) is 12.2 Å². The first-order valence-corrected chi connectivity index (χ1v) is 7.21. The van der Waals surface area contributed by atoms with Crippen LogP contribution in [0.3, 0.4) is 0 Å². The lowest BCUT2D eigenvalue weighted by Gasteiger charge is -2.28. The fourth-order valence-electron chi connectivity index (χ4n) is 2.44. The van der Waals surface area contributed by atoms with E-state index in [0.717, 1.165) is 43.5 Å². The number of carbonyl (C=O) groups excluding carboxylic acids is 2. The number of ether oxygens (including phenoxy) is 1. The van der Waals surface area contributed by atoms with E-state index in [1.807, 2.05) is 12.1 Å². The molecule has 1 amide bonds. The molecule has 0 spiro atoms. The highest BCUT2D eigenvalue weighted by molar-refractivity contribution is 5.95. The molecule has 0 radical (unpaired) electrons. The van der Waals surface area contributed by atoms with Gasteiger partial charge in [0.25, 0.3) is 0 Å². The zero-order chi connectivity index (χ0) is 14.5. The number of fused-ring (bicyclic) bond motifs is 1. The SMILES string of the molecule is CCCCOC(=O)c1ccc2c(c1)CCCN2C(C)=O. The number of hydrogen-bond donors (Lipinski definition) is 0. The lowest BCUT2D eigenvalue weighted by Crippen LogP contribution is -2.33. The topological polar surface area (TPSA) is 46.6 Å². The van der Waals surface area contributed by atoms with Crippen LogP contribution in [0.15, 0.2) is 18.2 Å². The fraction of sp³-hybridized carbons (Fsp3) is 0.500. The van der Waals surface area contributed by atoms with Gasteiger partial charge in [0, 0.05) is 19.2 Å². The lowest BCUT2D eigenvalue weighted by atomic mass is 9.99. The minimum atomic E-state index is -0.277. The highest BCUT2D eigenvalue weighted by Crippen LogP contribution is 2.28. The molecule has 0 unspecified atom stereocenters. The molecule has 2 rings (SSSR count). The summed E-state index contributed by atoms with van der Waals surface area (Å²) in [6, 6.07) is 5.46. The van der Waals surface area contributed by atoms with Crippen LogP contribution < -0.4 is 4.90 Å². The normalized spacial score (nSPS) is 13.8. The van der Waals surface area contributed by atoms with Gasteiger partial charge in [-0.25, -0.2) is 4.79 Å². The molecule has 0 aliphatic carbocycles. The Morgan fingerprint density at radius 1 is 1.35 bits per heavy atom. The van der Waals surface area contributed by atoms with Crippen LogP contribution in [-0.2, 0) is 16.0 Å². The molecule has 0 aromatic heterocycles. The number of nitrogens with zero attached hydrogens (tertiary/aromatic N) is 1. The molecule has 4 nitrogen and oxygen atoms in total. The summed E-state index contributed by atoms with van der Waals surface area (Å²) in [6.45, 7) is 4.85. The third-order valence-electron chi connectivity index (χ3n) is 3.54. The van der Waals surface area contributed by atoms with Gasteiger partial charge in [-0.1, -0.05) is 13.3 Å². The molecule has 1 aliphatic heterocycles. The van der Waals surface area contributed by atoms with Crippen LogP contribution in [0.1, 0.15) is 49.0 Å². The second kappa shape index (κ2) is 6.55. The van der Waals surface area contributed by atoms with Crippen LogP contribution in [0.4, 0.5) is 5.69 Å². The van der Waals surface area contributed by atoms with Crippen molar-refractivity contribution in [2.45, 2.75) is 39.5 Å². The number of rotatable bonds is 4. The fourth-order valence-corrected chi connectivity index (χ4v) is 2.44. The molecule has 0 saturated heterocycles. The van der Waals surface area contributed by atoms with Crippen LogP contribution in [0, 0.1) is 0 Å². The van der Waals surface area contributed by atoms with Crippen LogP contribution in [0.25, 0.3) is 0 Å². The van der Waals surface area contributed by atoms with E-state index in [9.17, 15) is 9.59 Å². The first kappa shape index (κ1) is 14.6. The molecule has 1 aliphatic rings. The predicted molar refractivity (Wildman–Crippen MR) is 78.0 cm³/mol. The molecule has 4 heteroatoms. The summed E-state index contributed by atoms with van der Waals surface area (Å²) in [4.78, 5) is 25.3. The van der Waals surface area contributed by atoms with E-state index in [1.54, 1.807) is 17.9 Å². The standard InChI is InChI=1S/C16H21NO3/c1-3-4-10-20-16(19)14-7-8-15-13(11-14)6-5-9-17(15)12(2)18/h7-8,11H,3-6,9-10H2,1-2H3. The first-order valence-electron chi connectivity index (χ1n) is 7.21. The van der Waals surface area contributed by atoms with E-state index in [-0.39, 0.29) is 11.9 Å². The minimum Gasteiger partial charge on any atom is -0.462 e. The third kappa shape index (κ3) is 3.18. The van der Waals surface area contributed by atoms with E-state index in [1.165, 1.54) is 0 Å². The highest BCUT2D eigenvalue weighted by Gasteiger charge is 2.21. The van der Waals surface area contributed by atoms with Crippen molar-refractivity contribution in [3.63, 3.8) is 0 Å².